The Balaban J connectivity index is 2.00. The van der Waals surface area contributed by atoms with E-state index in [2.05, 4.69) is 56.4 Å². The van der Waals surface area contributed by atoms with E-state index in [9.17, 15) is 0 Å². The van der Waals surface area contributed by atoms with E-state index in [-0.39, 0.29) is 0 Å². The summed E-state index contributed by atoms with van der Waals surface area (Å²) >= 11 is 7.23. The Morgan fingerprint density at radius 1 is 1.35 bits per heavy atom. The molecular weight excluding hydrogens is 314 g/mol. The van der Waals surface area contributed by atoms with Gasteiger partial charge in [-0.15, -0.1) is 11.3 Å². The Hall–Kier alpha value is -0.160. The van der Waals surface area contributed by atoms with Crippen LogP contribution >= 0.6 is 38.6 Å². The van der Waals surface area contributed by atoms with Gasteiger partial charge in [-0.25, -0.2) is 0 Å². The first-order chi connectivity index (χ1) is 8.31. The molecule has 0 aliphatic heterocycles. The SMILES string of the molecule is CCNC(CCc1ccsc1)c1sccc1Br. The second-order valence-corrected chi connectivity index (χ2v) is 6.50. The minimum atomic E-state index is 0.467. The summed E-state index contributed by atoms with van der Waals surface area (Å²) in [5.41, 5.74) is 1.45. The molecule has 0 saturated heterocycles. The minimum absolute atomic E-state index is 0.467. The molecule has 0 radical (unpaired) electrons. The topological polar surface area (TPSA) is 12.0 Å². The summed E-state index contributed by atoms with van der Waals surface area (Å²) in [7, 11) is 0. The van der Waals surface area contributed by atoms with Crippen molar-refractivity contribution in [2.24, 2.45) is 0 Å². The maximum atomic E-state index is 3.63. The van der Waals surface area contributed by atoms with E-state index in [4.69, 9.17) is 0 Å². The number of hydrogen-bond donors (Lipinski definition) is 1. The summed E-state index contributed by atoms with van der Waals surface area (Å²) in [6.45, 7) is 3.18. The number of hydrogen-bond acceptors (Lipinski definition) is 3. The molecule has 0 amide bonds. The molecule has 2 rings (SSSR count). The van der Waals surface area contributed by atoms with Crippen molar-refractivity contribution < 1.29 is 0 Å². The Kier molecular flexibility index (Phi) is 5.22. The van der Waals surface area contributed by atoms with Crippen LogP contribution in [0.1, 0.15) is 29.8 Å². The van der Waals surface area contributed by atoms with Crippen LogP contribution in [-0.2, 0) is 6.42 Å². The van der Waals surface area contributed by atoms with Gasteiger partial charge in [0.25, 0.3) is 0 Å². The van der Waals surface area contributed by atoms with Gasteiger partial charge in [-0.2, -0.15) is 11.3 Å². The van der Waals surface area contributed by atoms with Crippen LogP contribution in [0, 0.1) is 0 Å². The zero-order chi connectivity index (χ0) is 12.1. The third-order valence-corrected chi connectivity index (χ3v) is 5.43. The fourth-order valence-electron chi connectivity index (χ4n) is 1.87. The van der Waals surface area contributed by atoms with Crippen molar-refractivity contribution in [1.82, 2.24) is 5.32 Å². The molecule has 1 nitrogen and oxygen atoms in total. The molecule has 1 unspecified atom stereocenters. The summed E-state index contributed by atoms with van der Waals surface area (Å²) in [6, 6.07) is 4.82. The smallest absolute Gasteiger partial charge is 0.0429 e. The molecule has 17 heavy (non-hydrogen) atoms. The van der Waals surface area contributed by atoms with Crippen molar-refractivity contribution in [3.63, 3.8) is 0 Å². The van der Waals surface area contributed by atoms with Gasteiger partial charge in [0.2, 0.25) is 0 Å². The van der Waals surface area contributed by atoms with E-state index in [1.807, 2.05) is 11.3 Å². The van der Waals surface area contributed by atoms with Gasteiger partial charge in [-0.1, -0.05) is 6.92 Å². The van der Waals surface area contributed by atoms with Crippen LogP contribution in [0.5, 0.6) is 0 Å². The molecule has 92 valence electrons. The Morgan fingerprint density at radius 2 is 2.24 bits per heavy atom. The molecular formula is C13H16BrNS2. The van der Waals surface area contributed by atoms with E-state index < -0.39 is 0 Å². The highest BCUT2D eigenvalue weighted by Crippen LogP contribution is 2.31. The van der Waals surface area contributed by atoms with Crippen LogP contribution in [0.3, 0.4) is 0 Å². The second kappa shape index (κ2) is 6.69. The molecule has 0 bridgehead atoms. The van der Waals surface area contributed by atoms with Crippen LogP contribution in [0.2, 0.25) is 0 Å². The lowest BCUT2D eigenvalue weighted by Gasteiger charge is -2.16. The molecule has 2 aromatic heterocycles. The van der Waals surface area contributed by atoms with E-state index in [0.29, 0.717) is 6.04 Å². The highest BCUT2D eigenvalue weighted by atomic mass is 79.9. The maximum absolute atomic E-state index is 3.63. The minimum Gasteiger partial charge on any atom is -0.309 e. The molecule has 2 aromatic rings. The lowest BCUT2D eigenvalue weighted by molar-refractivity contribution is 0.522. The van der Waals surface area contributed by atoms with E-state index in [0.717, 1.165) is 19.4 Å². The van der Waals surface area contributed by atoms with Gasteiger partial charge in [-0.05, 0) is 69.2 Å². The van der Waals surface area contributed by atoms with Gasteiger partial charge >= 0.3 is 0 Å². The monoisotopic (exact) mass is 329 g/mol. The average Bonchev–Trinajstić information content (AvgIpc) is 2.95. The Labute approximate surface area is 119 Å². The summed E-state index contributed by atoms with van der Waals surface area (Å²) in [4.78, 5) is 1.42. The Bertz CT molecular complexity index is 436. The van der Waals surface area contributed by atoms with E-state index in [1.54, 1.807) is 11.3 Å². The van der Waals surface area contributed by atoms with Crippen molar-refractivity contribution in [2.75, 3.05) is 6.54 Å². The molecule has 0 fully saturated rings. The zero-order valence-electron chi connectivity index (χ0n) is 9.78. The van der Waals surface area contributed by atoms with Gasteiger partial charge in [0.05, 0.1) is 0 Å². The number of nitrogens with one attached hydrogen (secondary N) is 1. The quantitative estimate of drug-likeness (QED) is 0.798. The second-order valence-electron chi connectivity index (χ2n) is 3.91. The lowest BCUT2D eigenvalue weighted by atomic mass is 10.1. The molecule has 2 heterocycles. The lowest BCUT2D eigenvalue weighted by Crippen LogP contribution is -2.20. The summed E-state index contributed by atoms with van der Waals surface area (Å²) in [5.74, 6) is 0. The predicted molar refractivity (Wildman–Crippen MR) is 81.1 cm³/mol. The number of thiophene rings is 2. The van der Waals surface area contributed by atoms with Crippen molar-refractivity contribution in [2.45, 2.75) is 25.8 Å². The van der Waals surface area contributed by atoms with Crippen LogP contribution in [0.25, 0.3) is 0 Å². The molecule has 0 aromatic carbocycles. The normalized spacial score (nSPS) is 12.8. The third kappa shape index (κ3) is 3.65. The van der Waals surface area contributed by atoms with E-state index in [1.165, 1.54) is 14.9 Å². The first-order valence-electron chi connectivity index (χ1n) is 5.78. The average molecular weight is 330 g/mol. The number of aryl methyl sites for hydroxylation is 1. The van der Waals surface area contributed by atoms with Crippen LogP contribution < -0.4 is 5.32 Å². The standard InChI is InChI=1S/C13H16BrNS2/c1-2-15-12(13-11(14)6-8-17-13)4-3-10-5-7-16-9-10/h5-9,12,15H,2-4H2,1H3. The first-order valence-corrected chi connectivity index (χ1v) is 8.40. The fourth-order valence-corrected chi connectivity index (χ4v) is 4.34. The van der Waals surface area contributed by atoms with Crippen LogP contribution in [0.15, 0.2) is 32.7 Å². The Morgan fingerprint density at radius 3 is 2.82 bits per heavy atom. The largest absolute Gasteiger partial charge is 0.309 e. The highest BCUT2D eigenvalue weighted by molar-refractivity contribution is 9.10. The van der Waals surface area contributed by atoms with Crippen molar-refractivity contribution >= 4 is 38.6 Å². The zero-order valence-corrected chi connectivity index (χ0v) is 13.0. The van der Waals surface area contributed by atoms with Gasteiger partial charge in [0, 0.05) is 15.4 Å². The predicted octanol–water partition coefficient (Wildman–Crippen LogP) is 4.86. The van der Waals surface area contributed by atoms with Gasteiger partial charge in [0.1, 0.15) is 0 Å². The summed E-state index contributed by atoms with van der Waals surface area (Å²) in [5, 5.41) is 10.1. The fraction of sp³-hybridized carbons (Fsp3) is 0.385. The molecule has 1 atom stereocenters. The first kappa shape index (κ1) is 13.3. The van der Waals surface area contributed by atoms with Gasteiger partial charge in [0.15, 0.2) is 0 Å². The van der Waals surface area contributed by atoms with Gasteiger partial charge in [-0.3, -0.25) is 0 Å². The molecule has 0 spiro atoms. The molecule has 1 N–H and O–H groups in total. The molecule has 0 saturated carbocycles. The molecule has 4 heteroatoms. The van der Waals surface area contributed by atoms with Crippen LogP contribution in [0.4, 0.5) is 0 Å². The van der Waals surface area contributed by atoms with Crippen molar-refractivity contribution in [1.29, 1.82) is 0 Å². The van der Waals surface area contributed by atoms with Crippen LogP contribution in [-0.4, -0.2) is 6.54 Å². The van der Waals surface area contributed by atoms with Crippen molar-refractivity contribution in [3.05, 3.63) is 43.2 Å². The van der Waals surface area contributed by atoms with E-state index >= 15 is 0 Å². The van der Waals surface area contributed by atoms with Crippen molar-refractivity contribution in [3.8, 4) is 0 Å². The highest BCUT2D eigenvalue weighted by Gasteiger charge is 2.14. The molecule has 0 aliphatic carbocycles. The summed E-state index contributed by atoms with van der Waals surface area (Å²) in [6.07, 6.45) is 2.30. The summed E-state index contributed by atoms with van der Waals surface area (Å²) < 4.78 is 1.23. The van der Waals surface area contributed by atoms with Gasteiger partial charge < -0.3 is 5.32 Å². The maximum Gasteiger partial charge on any atom is 0.0429 e. The molecule has 0 aliphatic rings. The number of rotatable bonds is 6. The number of halogens is 1. The third-order valence-electron chi connectivity index (χ3n) is 2.71.